The first-order valence-corrected chi connectivity index (χ1v) is 8.77. The summed E-state index contributed by atoms with van der Waals surface area (Å²) in [5.41, 5.74) is 0. The largest absolute Gasteiger partial charge is 0.469 e. The smallest absolute Gasteiger partial charge is 0.305 e. The Balaban J connectivity index is 3.19. The molecule has 0 heterocycles. The third kappa shape index (κ3) is 13.9. The average molecular weight is 284 g/mol. The van der Waals surface area contributed by atoms with Gasteiger partial charge in [0, 0.05) is 6.42 Å². The summed E-state index contributed by atoms with van der Waals surface area (Å²) < 4.78 is 4.65. The zero-order valence-corrected chi connectivity index (χ0v) is 14.1. The molecule has 0 fully saturated rings. The van der Waals surface area contributed by atoms with E-state index in [1.807, 2.05) is 0 Å². The number of methoxy groups -OCH3 is 1. The Hall–Kier alpha value is -0.530. The van der Waals surface area contributed by atoms with Gasteiger partial charge >= 0.3 is 5.97 Å². The highest BCUT2D eigenvalue weighted by atomic mass is 16.5. The van der Waals surface area contributed by atoms with Gasteiger partial charge in [0.1, 0.15) is 0 Å². The molecule has 0 spiro atoms. The fraction of sp³-hybridized carbons (Fsp3) is 0.944. The molecular formula is C18H36O2. The lowest BCUT2D eigenvalue weighted by molar-refractivity contribution is -0.140. The molecule has 2 nitrogen and oxygen atoms in total. The van der Waals surface area contributed by atoms with Crippen LogP contribution in [0.5, 0.6) is 0 Å². The third-order valence-corrected chi connectivity index (χ3v) is 4.11. The summed E-state index contributed by atoms with van der Waals surface area (Å²) in [5, 5.41) is 0. The number of carbonyl (C=O) groups is 1. The van der Waals surface area contributed by atoms with Crippen LogP contribution in [0.4, 0.5) is 0 Å². The predicted octanol–water partition coefficient (Wildman–Crippen LogP) is 5.89. The van der Waals surface area contributed by atoms with Crippen LogP contribution in [0.25, 0.3) is 0 Å². The Morgan fingerprint density at radius 3 is 1.90 bits per heavy atom. The molecular weight excluding hydrogens is 248 g/mol. The Morgan fingerprint density at radius 1 is 0.850 bits per heavy atom. The molecule has 1 unspecified atom stereocenters. The predicted molar refractivity (Wildman–Crippen MR) is 86.9 cm³/mol. The van der Waals surface area contributed by atoms with E-state index in [1.54, 1.807) is 0 Å². The number of hydrogen-bond donors (Lipinski definition) is 0. The standard InChI is InChI=1S/C18H36O2/c1-4-5-6-7-8-9-10-11-12-14-17(2)15-13-16-18(19)20-3/h17H,4-16H2,1-3H3. The van der Waals surface area contributed by atoms with E-state index < -0.39 is 0 Å². The Morgan fingerprint density at radius 2 is 1.35 bits per heavy atom. The zero-order chi connectivity index (χ0) is 15.1. The van der Waals surface area contributed by atoms with Gasteiger partial charge in [-0.25, -0.2) is 0 Å². The molecule has 0 saturated heterocycles. The highest BCUT2D eigenvalue weighted by molar-refractivity contribution is 5.68. The third-order valence-electron chi connectivity index (χ3n) is 4.11. The van der Waals surface area contributed by atoms with Crippen molar-refractivity contribution in [1.82, 2.24) is 0 Å². The highest BCUT2D eigenvalue weighted by Crippen LogP contribution is 2.17. The van der Waals surface area contributed by atoms with Crippen molar-refractivity contribution in [2.24, 2.45) is 5.92 Å². The van der Waals surface area contributed by atoms with Gasteiger partial charge in [-0.05, 0) is 12.3 Å². The molecule has 120 valence electrons. The van der Waals surface area contributed by atoms with Crippen LogP contribution in [0.1, 0.15) is 97.3 Å². The Bertz CT molecular complexity index is 213. The summed E-state index contributed by atoms with van der Waals surface area (Å²) in [4.78, 5) is 11.0. The van der Waals surface area contributed by atoms with Crippen LogP contribution in [0.3, 0.4) is 0 Å². The Labute approximate surface area is 126 Å². The van der Waals surface area contributed by atoms with Gasteiger partial charge in [0.05, 0.1) is 7.11 Å². The molecule has 0 aliphatic heterocycles. The van der Waals surface area contributed by atoms with Crippen LogP contribution in [-0.4, -0.2) is 13.1 Å². The number of esters is 1. The van der Waals surface area contributed by atoms with E-state index in [4.69, 9.17) is 0 Å². The van der Waals surface area contributed by atoms with Crippen LogP contribution < -0.4 is 0 Å². The van der Waals surface area contributed by atoms with E-state index in [1.165, 1.54) is 71.3 Å². The van der Waals surface area contributed by atoms with Crippen LogP contribution >= 0.6 is 0 Å². The van der Waals surface area contributed by atoms with Crippen molar-refractivity contribution < 1.29 is 9.53 Å². The van der Waals surface area contributed by atoms with Gasteiger partial charge in [-0.15, -0.1) is 0 Å². The van der Waals surface area contributed by atoms with E-state index in [9.17, 15) is 4.79 Å². The van der Waals surface area contributed by atoms with Crippen molar-refractivity contribution in [3.8, 4) is 0 Å². The monoisotopic (exact) mass is 284 g/mol. The van der Waals surface area contributed by atoms with E-state index in [-0.39, 0.29) is 5.97 Å². The van der Waals surface area contributed by atoms with Crippen molar-refractivity contribution in [3.63, 3.8) is 0 Å². The zero-order valence-electron chi connectivity index (χ0n) is 14.1. The van der Waals surface area contributed by atoms with Crippen LogP contribution in [0.15, 0.2) is 0 Å². The van der Waals surface area contributed by atoms with Crippen molar-refractivity contribution in [3.05, 3.63) is 0 Å². The molecule has 0 aromatic carbocycles. The van der Waals surface area contributed by atoms with E-state index >= 15 is 0 Å². The fourth-order valence-electron chi connectivity index (χ4n) is 2.64. The topological polar surface area (TPSA) is 26.3 Å². The molecule has 2 heteroatoms. The molecule has 0 saturated carbocycles. The summed E-state index contributed by atoms with van der Waals surface area (Å²) in [5.74, 6) is 0.685. The molecule has 0 aromatic rings. The van der Waals surface area contributed by atoms with E-state index in [0.717, 1.165) is 18.8 Å². The highest BCUT2D eigenvalue weighted by Gasteiger charge is 2.05. The minimum atomic E-state index is -0.0692. The van der Waals surface area contributed by atoms with Gasteiger partial charge in [-0.1, -0.05) is 84.5 Å². The lowest BCUT2D eigenvalue weighted by Gasteiger charge is -2.10. The second-order valence-electron chi connectivity index (χ2n) is 6.19. The minimum absolute atomic E-state index is 0.0692. The lowest BCUT2D eigenvalue weighted by Crippen LogP contribution is -2.02. The minimum Gasteiger partial charge on any atom is -0.469 e. The summed E-state index contributed by atoms with van der Waals surface area (Å²) in [6, 6.07) is 0. The van der Waals surface area contributed by atoms with Gasteiger partial charge < -0.3 is 4.74 Å². The van der Waals surface area contributed by atoms with Gasteiger partial charge in [-0.3, -0.25) is 4.79 Å². The number of hydrogen-bond acceptors (Lipinski definition) is 2. The van der Waals surface area contributed by atoms with Crippen molar-refractivity contribution in [2.45, 2.75) is 97.3 Å². The second-order valence-corrected chi connectivity index (χ2v) is 6.19. The molecule has 0 rings (SSSR count). The van der Waals surface area contributed by atoms with Gasteiger partial charge in [0.15, 0.2) is 0 Å². The van der Waals surface area contributed by atoms with E-state index in [0.29, 0.717) is 6.42 Å². The first-order chi connectivity index (χ1) is 9.70. The van der Waals surface area contributed by atoms with Crippen molar-refractivity contribution in [1.29, 1.82) is 0 Å². The maximum Gasteiger partial charge on any atom is 0.305 e. The Kier molecular flexibility index (Phi) is 14.5. The first kappa shape index (κ1) is 19.5. The number of rotatable bonds is 14. The van der Waals surface area contributed by atoms with E-state index in [2.05, 4.69) is 18.6 Å². The summed E-state index contributed by atoms with van der Waals surface area (Å²) in [6.45, 7) is 4.58. The summed E-state index contributed by atoms with van der Waals surface area (Å²) in [7, 11) is 1.47. The van der Waals surface area contributed by atoms with Gasteiger partial charge in [0.25, 0.3) is 0 Å². The van der Waals surface area contributed by atoms with Gasteiger partial charge in [-0.2, -0.15) is 0 Å². The summed E-state index contributed by atoms with van der Waals surface area (Å²) in [6.07, 6.45) is 16.6. The average Bonchev–Trinajstić information content (AvgIpc) is 2.45. The van der Waals surface area contributed by atoms with Crippen LogP contribution in [-0.2, 0) is 9.53 Å². The molecule has 20 heavy (non-hydrogen) atoms. The fourth-order valence-corrected chi connectivity index (χ4v) is 2.64. The van der Waals surface area contributed by atoms with Gasteiger partial charge in [0.2, 0.25) is 0 Å². The first-order valence-electron chi connectivity index (χ1n) is 8.77. The molecule has 0 aliphatic carbocycles. The molecule has 0 amide bonds. The molecule has 1 atom stereocenters. The molecule has 0 bridgehead atoms. The lowest BCUT2D eigenvalue weighted by atomic mass is 9.96. The SMILES string of the molecule is CCCCCCCCCCCC(C)CCCC(=O)OC. The molecule has 0 radical (unpaired) electrons. The van der Waals surface area contributed by atoms with Crippen LogP contribution in [0, 0.1) is 5.92 Å². The number of ether oxygens (including phenoxy) is 1. The molecule has 0 aromatic heterocycles. The van der Waals surface area contributed by atoms with Crippen LogP contribution in [0.2, 0.25) is 0 Å². The maximum atomic E-state index is 11.0. The molecule has 0 N–H and O–H groups in total. The van der Waals surface area contributed by atoms with Crippen molar-refractivity contribution >= 4 is 5.97 Å². The normalized spacial score (nSPS) is 12.3. The number of carbonyl (C=O) groups excluding carboxylic acids is 1. The maximum absolute atomic E-state index is 11.0. The molecule has 0 aliphatic rings. The second kappa shape index (κ2) is 14.9. The quantitative estimate of drug-likeness (QED) is 0.294. The number of unbranched alkanes of at least 4 members (excludes halogenated alkanes) is 8. The van der Waals surface area contributed by atoms with Crippen molar-refractivity contribution in [2.75, 3.05) is 7.11 Å². The summed E-state index contributed by atoms with van der Waals surface area (Å²) >= 11 is 0.